The van der Waals surface area contributed by atoms with Crippen LogP contribution in [0.1, 0.15) is 35.9 Å². The van der Waals surface area contributed by atoms with Gasteiger partial charge in [0.05, 0.1) is 0 Å². The van der Waals surface area contributed by atoms with Crippen molar-refractivity contribution >= 4 is 27.3 Å². The van der Waals surface area contributed by atoms with Crippen LogP contribution in [-0.4, -0.2) is 6.54 Å². The predicted molar refractivity (Wildman–Crippen MR) is 89.0 cm³/mol. The first-order valence-electron chi connectivity index (χ1n) is 6.63. The van der Waals surface area contributed by atoms with Gasteiger partial charge < -0.3 is 5.32 Å². The Morgan fingerprint density at radius 1 is 1.26 bits per heavy atom. The molecule has 0 aliphatic rings. The molecule has 2 aromatic rings. The van der Waals surface area contributed by atoms with E-state index in [4.69, 9.17) is 0 Å². The third-order valence-electron chi connectivity index (χ3n) is 3.24. The molecule has 0 saturated heterocycles. The van der Waals surface area contributed by atoms with Crippen molar-refractivity contribution < 1.29 is 0 Å². The van der Waals surface area contributed by atoms with Crippen LogP contribution < -0.4 is 5.32 Å². The van der Waals surface area contributed by atoms with Crippen LogP contribution in [0.15, 0.2) is 28.7 Å². The molecule has 0 fully saturated rings. The zero-order valence-corrected chi connectivity index (χ0v) is 14.3. The average Bonchev–Trinajstić information content (AvgIpc) is 2.77. The summed E-state index contributed by atoms with van der Waals surface area (Å²) < 4.78 is 1.19. The van der Waals surface area contributed by atoms with Crippen LogP contribution in [0.2, 0.25) is 0 Å². The van der Waals surface area contributed by atoms with Crippen LogP contribution in [0.25, 0.3) is 10.4 Å². The van der Waals surface area contributed by atoms with E-state index in [0.29, 0.717) is 6.04 Å². The van der Waals surface area contributed by atoms with Crippen LogP contribution in [0.5, 0.6) is 0 Å². The number of benzene rings is 1. The second-order valence-corrected chi connectivity index (χ2v) is 6.89. The van der Waals surface area contributed by atoms with Crippen LogP contribution in [0.3, 0.4) is 0 Å². The molecule has 1 nitrogen and oxygen atoms in total. The van der Waals surface area contributed by atoms with Crippen LogP contribution in [-0.2, 0) is 0 Å². The second kappa shape index (κ2) is 6.21. The largest absolute Gasteiger partial charge is 0.310 e. The van der Waals surface area contributed by atoms with E-state index in [1.807, 2.05) is 11.3 Å². The molecule has 1 N–H and O–H groups in total. The van der Waals surface area contributed by atoms with E-state index in [1.165, 1.54) is 30.9 Å². The quantitative estimate of drug-likeness (QED) is 0.780. The Hall–Kier alpha value is -0.640. The first kappa shape index (κ1) is 14.8. The number of nitrogens with one attached hydrogen (secondary N) is 1. The fraction of sp³-hybridized carbons (Fsp3) is 0.375. The fourth-order valence-electron chi connectivity index (χ4n) is 2.35. The Bertz CT molecular complexity index is 551. The van der Waals surface area contributed by atoms with Crippen molar-refractivity contribution in [1.29, 1.82) is 0 Å². The number of rotatable bonds is 4. The molecule has 1 heterocycles. The highest BCUT2D eigenvalue weighted by atomic mass is 79.9. The highest BCUT2D eigenvalue weighted by Crippen LogP contribution is 2.38. The fourth-order valence-corrected chi connectivity index (χ4v) is 4.53. The number of aryl methyl sites for hydroxylation is 2. The van der Waals surface area contributed by atoms with E-state index in [2.05, 4.69) is 73.2 Å². The molecule has 1 atom stereocenters. The SMILES string of the molecule is CCNC(C)c1ccc(-c2c(C)cc(C)cc2Br)s1. The minimum absolute atomic E-state index is 0.424. The Morgan fingerprint density at radius 2 is 2.00 bits per heavy atom. The van der Waals surface area contributed by atoms with Gasteiger partial charge in [-0.2, -0.15) is 0 Å². The zero-order chi connectivity index (χ0) is 14.0. The average molecular weight is 338 g/mol. The first-order valence-corrected chi connectivity index (χ1v) is 8.24. The summed E-state index contributed by atoms with van der Waals surface area (Å²) in [6, 6.07) is 9.33. The van der Waals surface area contributed by atoms with Gasteiger partial charge in [-0.15, -0.1) is 11.3 Å². The highest BCUT2D eigenvalue weighted by Gasteiger charge is 2.12. The summed E-state index contributed by atoms with van der Waals surface area (Å²) in [6.45, 7) is 9.68. The van der Waals surface area contributed by atoms with Gasteiger partial charge in [-0.25, -0.2) is 0 Å². The lowest BCUT2D eigenvalue weighted by molar-refractivity contribution is 0.607. The molecular weight excluding hydrogens is 318 g/mol. The van der Waals surface area contributed by atoms with Crippen molar-refractivity contribution in [2.24, 2.45) is 0 Å². The maximum atomic E-state index is 3.70. The molecule has 0 spiro atoms. The molecule has 0 radical (unpaired) electrons. The summed E-state index contributed by atoms with van der Waals surface area (Å²) in [5.41, 5.74) is 3.95. The number of thiophene rings is 1. The molecule has 19 heavy (non-hydrogen) atoms. The van der Waals surface area contributed by atoms with Gasteiger partial charge in [0.1, 0.15) is 0 Å². The van der Waals surface area contributed by atoms with E-state index in [9.17, 15) is 0 Å². The van der Waals surface area contributed by atoms with Crippen molar-refractivity contribution in [3.63, 3.8) is 0 Å². The van der Waals surface area contributed by atoms with E-state index in [-0.39, 0.29) is 0 Å². The summed E-state index contributed by atoms with van der Waals surface area (Å²) in [4.78, 5) is 2.73. The van der Waals surface area contributed by atoms with Gasteiger partial charge >= 0.3 is 0 Å². The normalized spacial score (nSPS) is 12.7. The van der Waals surface area contributed by atoms with E-state index in [0.717, 1.165) is 6.54 Å². The van der Waals surface area contributed by atoms with Gasteiger partial charge in [0.25, 0.3) is 0 Å². The highest BCUT2D eigenvalue weighted by molar-refractivity contribution is 9.10. The minimum Gasteiger partial charge on any atom is -0.310 e. The molecule has 0 amide bonds. The Labute approximate surface area is 128 Å². The van der Waals surface area contributed by atoms with Crippen molar-refractivity contribution in [3.05, 3.63) is 44.7 Å². The number of halogens is 1. The summed E-state index contributed by atoms with van der Waals surface area (Å²) >= 11 is 5.58. The third-order valence-corrected chi connectivity index (χ3v) is 5.15. The maximum absolute atomic E-state index is 3.70. The minimum atomic E-state index is 0.424. The molecule has 0 bridgehead atoms. The van der Waals surface area contributed by atoms with E-state index >= 15 is 0 Å². The molecule has 1 aromatic carbocycles. The standard InChI is InChI=1S/C16H20BrNS/c1-5-18-12(4)14-6-7-15(19-14)16-11(3)8-10(2)9-13(16)17/h6-9,12,18H,5H2,1-4H3. The van der Waals surface area contributed by atoms with Gasteiger partial charge in [0.2, 0.25) is 0 Å². The van der Waals surface area contributed by atoms with Crippen molar-refractivity contribution in [2.75, 3.05) is 6.54 Å². The maximum Gasteiger partial charge on any atom is 0.0386 e. The Morgan fingerprint density at radius 3 is 2.63 bits per heavy atom. The van der Waals surface area contributed by atoms with Gasteiger partial charge in [-0.1, -0.05) is 28.9 Å². The lowest BCUT2D eigenvalue weighted by Crippen LogP contribution is -2.16. The summed E-state index contributed by atoms with van der Waals surface area (Å²) in [5.74, 6) is 0. The van der Waals surface area contributed by atoms with Gasteiger partial charge in [0.15, 0.2) is 0 Å². The molecular formula is C16H20BrNS. The monoisotopic (exact) mass is 337 g/mol. The Kier molecular flexibility index (Phi) is 4.82. The molecule has 0 aliphatic carbocycles. The molecule has 1 aromatic heterocycles. The van der Waals surface area contributed by atoms with Crippen LogP contribution in [0.4, 0.5) is 0 Å². The first-order chi connectivity index (χ1) is 9.02. The summed E-state index contributed by atoms with van der Waals surface area (Å²) in [7, 11) is 0. The van der Waals surface area contributed by atoms with Crippen molar-refractivity contribution in [3.8, 4) is 10.4 Å². The molecule has 0 saturated carbocycles. The lowest BCUT2D eigenvalue weighted by Gasteiger charge is -2.10. The van der Waals surface area contributed by atoms with E-state index < -0.39 is 0 Å². The molecule has 2 rings (SSSR count). The number of hydrogen-bond donors (Lipinski definition) is 1. The molecule has 102 valence electrons. The molecule has 3 heteroatoms. The summed E-state index contributed by atoms with van der Waals surface area (Å²) in [6.07, 6.45) is 0. The van der Waals surface area contributed by atoms with Gasteiger partial charge in [-0.05, 0) is 56.6 Å². The van der Waals surface area contributed by atoms with Crippen molar-refractivity contribution in [1.82, 2.24) is 5.32 Å². The topological polar surface area (TPSA) is 12.0 Å². The van der Waals surface area contributed by atoms with Crippen molar-refractivity contribution in [2.45, 2.75) is 33.7 Å². The van der Waals surface area contributed by atoms with E-state index in [1.54, 1.807) is 0 Å². The smallest absolute Gasteiger partial charge is 0.0386 e. The number of hydrogen-bond acceptors (Lipinski definition) is 2. The third kappa shape index (κ3) is 3.28. The molecule has 1 unspecified atom stereocenters. The molecule has 0 aliphatic heterocycles. The van der Waals surface area contributed by atoms with Gasteiger partial charge in [0, 0.05) is 25.8 Å². The van der Waals surface area contributed by atoms with Crippen LogP contribution in [0, 0.1) is 13.8 Å². The lowest BCUT2D eigenvalue weighted by atomic mass is 10.0. The predicted octanol–water partition coefficient (Wildman–Crippen LogP) is 5.46. The summed E-state index contributed by atoms with van der Waals surface area (Å²) in [5, 5.41) is 3.46. The zero-order valence-electron chi connectivity index (χ0n) is 11.9. The Balaban J connectivity index is 2.38. The van der Waals surface area contributed by atoms with Gasteiger partial charge in [-0.3, -0.25) is 0 Å². The van der Waals surface area contributed by atoms with Crippen LogP contribution >= 0.6 is 27.3 Å². The second-order valence-electron chi connectivity index (χ2n) is 4.92.